The normalized spacial score (nSPS) is 9.87. The zero-order valence-corrected chi connectivity index (χ0v) is 7.84. The van der Waals surface area contributed by atoms with E-state index in [1.165, 1.54) is 12.4 Å². The van der Waals surface area contributed by atoms with E-state index in [1.807, 2.05) is 0 Å². The van der Waals surface area contributed by atoms with Crippen molar-refractivity contribution in [2.45, 2.75) is 6.54 Å². The number of aromatic nitrogens is 4. The number of aromatic amines is 1. The summed E-state index contributed by atoms with van der Waals surface area (Å²) in [5.74, 6) is -0.175. The lowest BCUT2D eigenvalue weighted by Crippen LogP contribution is -2.22. The summed E-state index contributed by atoms with van der Waals surface area (Å²) in [5, 5.41) is 16.4. The Bertz CT molecular complexity index is 425. The number of nitrogens with zero attached hydrogens (tertiary/aromatic N) is 3. The molecule has 76 valence electrons. The Morgan fingerprint density at radius 2 is 2.33 bits per heavy atom. The molecule has 2 rings (SSSR count). The largest absolute Gasteiger partial charge is 0.348 e. The third-order valence-electron chi connectivity index (χ3n) is 1.85. The Balaban J connectivity index is 1.94. The van der Waals surface area contributed by atoms with Gasteiger partial charge in [0.2, 0.25) is 0 Å². The molecule has 2 aromatic heterocycles. The van der Waals surface area contributed by atoms with Gasteiger partial charge in [-0.1, -0.05) is 0 Å². The molecule has 6 heteroatoms. The lowest BCUT2D eigenvalue weighted by Gasteiger charge is -2.01. The van der Waals surface area contributed by atoms with Crippen molar-refractivity contribution in [2.75, 3.05) is 0 Å². The van der Waals surface area contributed by atoms with Crippen LogP contribution in [-0.2, 0) is 6.54 Å². The average Bonchev–Trinajstić information content (AvgIpc) is 2.80. The van der Waals surface area contributed by atoms with Gasteiger partial charge in [0.25, 0.3) is 5.91 Å². The first-order valence-electron chi connectivity index (χ1n) is 4.39. The van der Waals surface area contributed by atoms with Gasteiger partial charge < -0.3 is 5.32 Å². The van der Waals surface area contributed by atoms with E-state index in [0.29, 0.717) is 12.1 Å². The first-order chi connectivity index (χ1) is 7.36. The number of carbonyl (C=O) groups excluding carboxylic acids is 1. The lowest BCUT2D eigenvalue weighted by atomic mass is 10.3. The standard InChI is InChI=1S/C9H9N5O/c15-9(8-1-2-11-14-6-8)10-3-7-4-12-13-5-7/h1-2,4-6H,3H2,(H,10,15)(H,12,13). The van der Waals surface area contributed by atoms with Gasteiger partial charge in [-0.15, -0.1) is 0 Å². The van der Waals surface area contributed by atoms with Gasteiger partial charge in [-0.05, 0) is 6.07 Å². The Labute approximate surface area is 85.7 Å². The highest BCUT2D eigenvalue weighted by atomic mass is 16.1. The predicted molar refractivity (Wildman–Crippen MR) is 51.8 cm³/mol. The van der Waals surface area contributed by atoms with Gasteiger partial charge in [0, 0.05) is 18.3 Å². The van der Waals surface area contributed by atoms with Gasteiger partial charge in [-0.2, -0.15) is 15.3 Å². The summed E-state index contributed by atoms with van der Waals surface area (Å²) in [5.41, 5.74) is 1.42. The monoisotopic (exact) mass is 203 g/mol. The molecule has 0 radical (unpaired) electrons. The van der Waals surface area contributed by atoms with E-state index in [2.05, 4.69) is 25.7 Å². The molecule has 0 bridgehead atoms. The van der Waals surface area contributed by atoms with Crippen molar-refractivity contribution in [3.8, 4) is 0 Å². The zero-order valence-electron chi connectivity index (χ0n) is 7.84. The van der Waals surface area contributed by atoms with Crippen molar-refractivity contribution in [3.05, 3.63) is 42.0 Å². The second-order valence-electron chi connectivity index (χ2n) is 2.92. The molecule has 0 aliphatic heterocycles. The van der Waals surface area contributed by atoms with E-state index in [1.54, 1.807) is 18.5 Å². The molecule has 2 heterocycles. The molecule has 0 atom stereocenters. The lowest BCUT2D eigenvalue weighted by molar-refractivity contribution is 0.0950. The number of nitrogens with one attached hydrogen (secondary N) is 2. The fourth-order valence-corrected chi connectivity index (χ4v) is 1.08. The van der Waals surface area contributed by atoms with E-state index in [-0.39, 0.29) is 5.91 Å². The van der Waals surface area contributed by atoms with Gasteiger partial charge in [-0.3, -0.25) is 9.89 Å². The Morgan fingerprint density at radius 1 is 1.40 bits per heavy atom. The van der Waals surface area contributed by atoms with Gasteiger partial charge in [0.05, 0.1) is 24.2 Å². The number of hydrogen-bond donors (Lipinski definition) is 2. The van der Waals surface area contributed by atoms with Crippen molar-refractivity contribution >= 4 is 5.91 Å². The molecule has 0 aliphatic carbocycles. The Kier molecular flexibility index (Phi) is 2.68. The van der Waals surface area contributed by atoms with Crippen molar-refractivity contribution in [1.82, 2.24) is 25.7 Å². The van der Waals surface area contributed by atoms with Crippen LogP contribution in [0.3, 0.4) is 0 Å². The molecular formula is C9H9N5O. The molecule has 0 saturated carbocycles. The van der Waals surface area contributed by atoms with Crippen LogP contribution in [-0.4, -0.2) is 26.3 Å². The Hall–Kier alpha value is -2.24. The highest BCUT2D eigenvalue weighted by molar-refractivity contribution is 5.93. The molecule has 0 aliphatic rings. The van der Waals surface area contributed by atoms with Crippen LogP contribution in [0.2, 0.25) is 0 Å². The maximum absolute atomic E-state index is 11.5. The van der Waals surface area contributed by atoms with Crippen molar-refractivity contribution < 1.29 is 4.79 Å². The summed E-state index contributed by atoms with van der Waals surface area (Å²) < 4.78 is 0. The van der Waals surface area contributed by atoms with E-state index >= 15 is 0 Å². The van der Waals surface area contributed by atoms with E-state index < -0.39 is 0 Å². The fourth-order valence-electron chi connectivity index (χ4n) is 1.08. The van der Waals surface area contributed by atoms with E-state index in [0.717, 1.165) is 5.56 Å². The summed E-state index contributed by atoms with van der Waals surface area (Å²) in [6.07, 6.45) is 6.29. The van der Waals surface area contributed by atoms with Crippen molar-refractivity contribution in [2.24, 2.45) is 0 Å². The summed E-state index contributed by atoms with van der Waals surface area (Å²) in [6.45, 7) is 0.442. The van der Waals surface area contributed by atoms with Crippen LogP contribution < -0.4 is 5.32 Å². The minimum atomic E-state index is -0.175. The average molecular weight is 203 g/mol. The van der Waals surface area contributed by atoms with Gasteiger partial charge in [-0.25, -0.2) is 0 Å². The van der Waals surface area contributed by atoms with Crippen LogP contribution in [0, 0.1) is 0 Å². The summed E-state index contributed by atoms with van der Waals surface area (Å²) in [4.78, 5) is 11.5. The molecule has 2 aromatic rings. The topological polar surface area (TPSA) is 83.6 Å². The summed E-state index contributed by atoms with van der Waals surface area (Å²) >= 11 is 0. The highest BCUT2D eigenvalue weighted by Gasteiger charge is 2.04. The molecule has 0 spiro atoms. The van der Waals surface area contributed by atoms with E-state index in [9.17, 15) is 4.79 Å². The molecular weight excluding hydrogens is 194 g/mol. The molecule has 0 fully saturated rings. The third-order valence-corrected chi connectivity index (χ3v) is 1.85. The van der Waals surface area contributed by atoms with Crippen molar-refractivity contribution in [1.29, 1.82) is 0 Å². The molecule has 1 amide bonds. The van der Waals surface area contributed by atoms with Crippen LogP contribution in [0.4, 0.5) is 0 Å². The van der Waals surface area contributed by atoms with E-state index in [4.69, 9.17) is 0 Å². The SMILES string of the molecule is O=C(NCc1cn[nH]c1)c1ccnnc1. The van der Waals surface area contributed by atoms with Crippen molar-refractivity contribution in [3.63, 3.8) is 0 Å². The molecule has 0 aromatic carbocycles. The van der Waals surface area contributed by atoms with Gasteiger partial charge in [0.15, 0.2) is 0 Å². The minimum Gasteiger partial charge on any atom is -0.348 e. The van der Waals surface area contributed by atoms with Crippen LogP contribution in [0.15, 0.2) is 30.9 Å². The maximum atomic E-state index is 11.5. The van der Waals surface area contributed by atoms with Crippen LogP contribution in [0.5, 0.6) is 0 Å². The third kappa shape index (κ3) is 2.37. The highest BCUT2D eigenvalue weighted by Crippen LogP contribution is 1.96. The molecule has 0 saturated heterocycles. The second kappa shape index (κ2) is 4.32. The fraction of sp³-hybridized carbons (Fsp3) is 0.111. The van der Waals surface area contributed by atoms with Crippen LogP contribution in [0.25, 0.3) is 0 Å². The molecule has 2 N–H and O–H groups in total. The molecule has 15 heavy (non-hydrogen) atoms. The van der Waals surface area contributed by atoms with Gasteiger partial charge >= 0.3 is 0 Å². The summed E-state index contributed by atoms with van der Waals surface area (Å²) in [7, 11) is 0. The maximum Gasteiger partial charge on any atom is 0.253 e. The first-order valence-corrected chi connectivity index (χ1v) is 4.39. The molecule has 6 nitrogen and oxygen atoms in total. The number of hydrogen-bond acceptors (Lipinski definition) is 4. The number of amides is 1. The van der Waals surface area contributed by atoms with Gasteiger partial charge in [0.1, 0.15) is 0 Å². The quantitative estimate of drug-likeness (QED) is 0.742. The number of H-pyrrole nitrogens is 1. The summed E-state index contributed by atoms with van der Waals surface area (Å²) in [6, 6.07) is 1.61. The Morgan fingerprint density at radius 3 is 3.00 bits per heavy atom. The predicted octanol–water partition coefficient (Wildman–Crippen LogP) is 0.130. The zero-order chi connectivity index (χ0) is 10.5. The minimum absolute atomic E-state index is 0.175. The number of carbonyl (C=O) groups is 1. The second-order valence-corrected chi connectivity index (χ2v) is 2.92. The van der Waals surface area contributed by atoms with Crippen LogP contribution in [0.1, 0.15) is 15.9 Å². The number of rotatable bonds is 3. The first kappa shape index (κ1) is 9.32. The molecule has 0 unspecified atom stereocenters. The van der Waals surface area contributed by atoms with Crippen LogP contribution >= 0.6 is 0 Å². The smallest absolute Gasteiger partial charge is 0.253 e.